The lowest BCUT2D eigenvalue weighted by Gasteiger charge is -2.32. The van der Waals surface area contributed by atoms with E-state index in [0.717, 1.165) is 31.7 Å². The minimum atomic E-state index is -3.37. The third kappa shape index (κ3) is 7.05. The van der Waals surface area contributed by atoms with Crippen LogP contribution in [0.2, 0.25) is 0 Å². The average Bonchev–Trinajstić information content (AvgIpc) is 2.77. The molecule has 8 heteroatoms. The minimum Gasteiger partial charge on any atom is -0.496 e. The summed E-state index contributed by atoms with van der Waals surface area (Å²) in [5.41, 5.74) is 1.66. The molecule has 1 aliphatic rings. The van der Waals surface area contributed by atoms with Crippen molar-refractivity contribution in [2.45, 2.75) is 12.4 Å². The summed E-state index contributed by atoms with van der Waals surface area (Å²) in [4.78, 5) is 16.9. The Kier molecular flexibility index (Phi) is 8.06. The van der Waals surface area contributed by atoms with Crippen LogP contribution in [-0.4, -0.2) is 76.8 Å². The Hall–Kier alpha value is -2.42. The number of carbonyl (C=O) groups excluding carboxylic acids is 1. The molecule has 0 atom stereocenters. The number of hydrogen-bond acceptors (Lipinski definition) is 7. The van der Waals surface area contributed by atoms with Crippen molar-refractivity contribution in [3.8, 4) is 5.75 Å². The molecule has 2 aromatic rings. The first kappa shape index (κ1) is 23.2. The molecule has 3 rings (SSSR count). The first-order valence-corrected chi connectivity index (χ1v) is 12.2. The summed E-state index contributed by atoms with van der Waals surface area (Å²) in [6.45, 7) is 4.31. The molecule has 31 heavy (non-hydrogen) atoms. The molecule has 1 fully saturated rings. The van der Waals surface area contributed by atoms with Crippen molar-refractivity contribution in [1.29, 1.82) is 0 Å². The molecule has 0 saturated carbocycles. The van der Waals surface area contributed by atoms with Gasteiger partial charge in [0.2, 0.25) is 0 Å². The van der Waals surface area contributed by atoms with Crippen molar-refractivity contribution in [2.24, 2.45) is 0 Å². The summed E-state index contributed by atoms with van der Waals surface area (Å²) >= 11 is 0. The van der Waals surface area contributed by atoms with Crippen molar-refractivity contribution >= 4 is 15.8 Å². The SMILES string of the molecule is COc1ccc(C(=O)OCc2ccccc2)cc1CS(=O)(=O)CCN1CCN(C)CC1. The van der Waals surface area contributed by atoms with Crippen LogP contribution in [-0.2, 0) is 26.9 Å². The van der Waals surface area contributed by atoms with Gasteiger partial charge in [-0.05, 0) is 30.8 Å². The van der Waals surface area contributed by atoms with Crippen LogP contribution in [0.3, 0.4) is 0 Å². The van der Waals surface area contributed by atoms with Crippen LogP contribution >= 0.6 is 0 Å². The van der Waals surface area contributed by atoms with E-state index in [4.69, 9.17) is 9.47 Å². The maximum Gasteiger partial charge on any atom is 0.338 e. The van der Waals surface area contributed by atoms with Gasteiger partial charge < -0.3 is 14.4 Å². The van der Waals surface area contributed by atoms with Gasteiger partial charge in [0, 0.05) is 38.3 Å². The zero-order valence-corrected chi connectivity index (χ0v) is 18.9. The van der Waals surface area contributed by atoms with Gasteiger partial charge in [-0.2, -0.15) is 0 Å². The Morgan fingerprint density at radius 3 is 2.42 bits per heavy atom. The average molecular weight is 447 g/mol. The number of rotatable bonds is 9. The van der Waals surface area contributed by atoms with E-state index in [1.807, 2.05) is 30.3 Å². The van der Waals surface area contributed by atoms with Crippen molar-refractivity contribution in [3.05, 3.63) is 65.2 Å². The molecular formula is C23H30N2O5S. The lowest BCUT2D eigenvalue weighted by Crippen LogP contribution is -2.45. The number of ether oxygens (including phenoxy) is 2. The number of likely N-dealkylation sites (N-methyl/N-ethyl adjacent to an activating group) is 1. The molecule has 0 bridgehead atoms. The second-order valence-electron chi connectivity index (χ2n) is 7.83. The Morgan fingerprint density at radius 1 is 1.03 bits per heavy atom. The van der Waals surface area contributed by atoms with Crippen molar-refractivity contribution in [3.63, 3.8) is 0 Å². The van der Waals surface area contributed by atoms with Crippen LogP contribution in [0.4, 0.5) is 0 Å². The summed E-state index contributed by atoms with van der Waals surface area (Å²) in [5, 5.41) is 0. The molecule has 1 saturated heterocycles. The predicted octanol–water partition coefficient (Wildman–Crippen LogP) is 2.21. The van der Waals surface area contributed by atoms with E-state index in [1.54, 1.807) is 18.2 Å². The van der Waals surface area contributed by atoms with Crippen molar-refractivity contribution in [1.82, 2.24) is 9.80 Å². The van der Waals surface area contributed by atoms with E-state index in [2.05, 4.69) is 16.8 Å². The monoisotopic (exact) mass is 446 g/mol. The second-order valence-corrected chi connectivity index (χ2v) is 10.0. The van der Waals surface area contributed by atoms with Gasteiger partial charge in [0.15, 0.2) is 9.84 Å². The standard InChI is InChI=1S/C23H30N2O5S/c1-24-10-12-25(13-11-24)14-15-31(27,28)18-21-16-20(8-9-22(21)29-2)23(26)30-17-19-6-4-3-5-7-19/h3-9,16H,10-15,17-18H2,1-2H3. The van der Waals surface area contributed by atoms with Gasteiger partial charge in [-0.15, -0.1) is 0 Å². The first-order chi connectivity index (χ1) is 14.9. The van der Waals surface area contributed by atoms with Crippen LogP contribution in [0.15, 0.2) is 48.5 Å². The molecule has 0 radical (unpaired) electrons. The molecule has 1 heterocycles. The fraction of sp³-hybridized carbons (Fsp3) is 0.435. The highest BCUT2D eigenvalue weighted by Crippen LogP contribution is 2.23. The Bertz CT molecular complexity index is 971. The highest BCUT2D eigenvalue weighted by molar-refractivity contribution is 7.90. The van der Waals surface area contributed by atoms with Gasteiger partial charge in [-0.1, -0.05) is 30.3 Å². The number of nitrogens with zero attached hydrogens (tertiary/aromatic N) is 2. The molecule has 0 aromatic heterocycles. The van der Waals surface area contributed by atoms with Crippen molar-refractivity contribution < 1.29 is 22.7 Å². The van der Waals surface area contributed by atoms with E-state index in [1.165, 1.54) is 7.11 Å². The molecule has 0 amide bonds. The fourth-order valence-electron chi connectivity index (χ4n) is 3.47. The molecule has 168 valence electrons. The summed E-state index contributed by atoms with van der Waals surface area (Å²) < 4.78 is 36.2. The van der Waals surface area contributed by atoms with Crippen LogP contribution in [0.25, 0.3) is 0 Å². The van der Waals surface area contributed by atoms with Gasteiger partial charge in [0.25, 0.3) is 0 Å². The lowest BCUT2D eigenvalue weighted by atomic mass is 10.1. The molecule has 0 spiro atoms. The number of benzene rings is 2. The second kappa shape index (κ2) is 10.7. The molecular weight excluding hydrogens is 416 g/mol. The number of methoxy groups -OCH3 is 1. The van der Waals surface area contributed by atoms with E-state index in [-0.39, 0.29) is 18.1 Å². The zero-order valence-electron chi connectivity index (χ0n) is 18.1. The van der Waals surface area contributed by atoms with Gasteiger partial charge >= 0.3 is 5.97 Å². The van der Waals surface area contributed by atoms with Gasteiger partial charge in [-0.25, -0.2) is 13.2 Å². The third-order valence-electron chi connectivity index (χ3n) is 5.42. The smallest absolute Gasteiger partial charge is 0.338 e. The lowest BCUT2D eigenvalue weighted by molar-refractivity contribution is 0.0472. The Morgan fingerprint density at radius 2 is 1.74 bits per heavy atom. The van der Waals surface area contributed by atoms with E-state index < -0.39 is 15.8 Å². The molecule has 0 aliphatic carbocycles. The topological polar surface area (TPSA) is 76.1 Å². The number of sulfone groups is 1. The number of hydrogen-bond donors (Lipinski definition) is 0. The maximum absolute atomic E-state index is 12.8. The van der Waals surface area contributed by atoms with Crippen LogP contribution < -0.4 is 4.74 Å². The number of esters is 1. The largest absolute Gasteiger partial charge is 0.496 e. The molecule has 2 aromatic carbocycles. The van der Waals surface area contributed by atoms with Gasteiger partial charge in [-0.3, -0.25) is 4.90 Å². The summed E-state index contributed by atoms with van der Waals surface area (Å²) in [5.74, 6) is -0.155. The van der Waals surface area contributed by atoms with Crippen molar-refractivity contribution in [2.75, 3.05) is 52.6 Å². The highest BCUT2D eigenvalue weighted by atomic mass is 32.2. The van der Waals surface area contributed by atoms with Crippen LogP contribution in [0.5, 0.6) is 5.75 Å². The van der Waals surface area contributed by atoms with Gasteiger partial charge in [0.05, 0.1) is 24.2 Å². The fourth-order valence-corrected chi connectivity index (χ4v) is 4.85. The zero-order chi connectivity index (χ0) is 22.3. The quantitative estimate of drug-likeness (QED) is 0.547. The predicted molar refractivity (Wildman–Crippen MR) is 120 cm³/mol. The summed E-state index contributed by atoms with van der Waals surface area (Å²) in [6.07, 6.45) is 0. The normalized spacial score (nSPS) is 15.5. The summed E-state index contributed by atoms with van der Waals surface area (Å²) in [6, 6.07) is 14.2. The Balaban J connectivity index is 1.63. The van der Waals surface area contributed by atoms with Gasteiger partial charge in [0.1, 0.15) is 12.4 Å². The Labute approximate surface area is 184 Å². The molecule has 1 aliphatic heterocycles. The number of piperazine rings is 1. The molecule has 7 nitrogen and oxygen atoms in total. The highest BCUT2D eigenvalue weighted by Gasteiger charge is 2.21. The first-order valence-electron chi connectivity index (χ1n) is 10.4. The maximum atomic E-state index is 12.8. The third-order valence-corrected chi connectivity index (χ3v) is 6.97. The molecule has 0 unspecified atom stereocenters. The minimum absolute atomic E-state index is 0.0720. The van der Waals surface area contributed by atoms with Crippen LogP contribution in [0, 0.1) is 0 Å². The molecule has 0 N–H and O–H groups in total. The summed E-state index contributed by atoms with van der Waals surface area (Å²) in [7, 11) is 0.192. The number of carbonyl (C=O) groups is 1. The van der Waals surface area contributed by atoms with Crippen LogP contribution in [0.1, 0.15) is 21.5 Å². The van der Waals surface area contributed by atoms with E-state index in [9.17, 15) is 13.2 Å². The van der Waals surface area contributed by atoms with E-state index >= 15 is 0 Å². The van der Waals surface area contributed by atoms with E-state index in [0.29, 0.717) is 23.4 Å².